The number of hydrogen-bond acceptors (Lipinski definition) is 4. The molecule has 1 aliphatic carbocycles. The van der Waals surface area contributed by atoms with Gasteiger partial charge in [0.25, 0.3) is 0 Å². The fraction of sp³-hybridized carbons (Fsp3) is 0.529. The molecule has 4 heteroatoms. The van der Waals surface area contributed by atoms with E-state index < -0.39 is 0 Å². The van der Waals surface area contributed by atoms with Crippen molar-refractivity contribution in [2.75, 3.05) is 13.2 Å². The third kappa shape index (κ3) is 4.39. The Hall–Kier alpha value is -0.680. The van der Waals surface area contributed by atoms with Gasteiger partial charge in [0.2, 0.25) is 0 Å². The number of hydrogen-bond donors (Lipinski definition) is 1. The highest BCUT2D eigenvalue weighted by molar-refractivity contribution is 7.11. The molecule has 114 valence electrons. The van der Waals surface area contributed by atoms with E-state index in [9.17, 15) is 0 Å². The van der Waals surface area contributed by atoms with Crippen molar-refractivity contribution in [1.82, 2.24) is 5.32 Å². The van der Waals surface area contributed by atoms with Gasteiger partial charge in [0, 0.05) is 16.3 Å². The summed E-state index contributed by atoms with van der Waals surface area (Å²) >= 11 is 3.64. The minimum Gasteiger partial charge on any atom is -0.377 e. The first kappa shape index (κ1) is 15.2. The summed E-state index contributed by atoms with van der Waals surface area (Å²) in [4.78, 5) is 2.77. The Balaban J connectivity index is 1.49. The quantitative estimate of drug-likeness (QED) is 0.737. The van der Waals surface area contributed by atoms with Crippen molar-refractivity contribution < 1.29 is 4.74 Å². The van der Waals surface area contributed by atoms with Crippen LogP contribution in [0.2, 0.25) is 0 Å². The first-order valence-corrected chi connectivity index (χ1v) is 9.61. The molecule has 0 bridgehead atoms. The van der Waals surface area contributed by atoms with E-state index in [2.05, 4.69) is 40.3 Å². The average molecular weight is 322 g/mol. The van der Waals surface area contributed by atoms with Gasteiger partial charge >= 0.3 is 0 Å². The van der Waals surface area contributed by atoms with Gasteiger partial charge < -0.3 is 10.1 Å². The van der Waals surface area contributed by atoms with Gasteiger partial charge in [-0.25, -0.2) is 0 Å². The van der Waals surface area contributed by atoms with Gasteiger partial charge in [-0.2, -0.15) is 0 Å². The van der Waals surface area contributed by atoms with Crippen LogP contribution in [0.25, 0.3) is 0 Å². The molecule has 1 N–H and O–H groups in total. The summed E-state index contributed by atoms with van der Waals surface area (Å²) in [6, 6.07) is 9.00. The van der Waals surface area contributed by atoms with Crippen LogP contribution in [0.5, 0.6) is 0 Å². The summed E-state index contributed by atoms with van der Waals surface area (Å²) in [6.45, 7) is 1.73. The Morgan fingerprint density at radius 3 is 2.29 bits per heavy atom. The Labute approximate surface area is 135 Å². The topological polar surface area (TPSA) is 21.3 Å². The summed E-state index contributed by atoms with van der Waals surface area (Å²) < 4.78 is 6.01. The second-order valence-electron chi connectivity index (χ2n) is 5.55. The molecule has 0 aromatic carbocycles. The predicted octanol–water partition coefficient (Wildman–Crippen LogP) is 4.84. The molecular weight excluding hydrogens is 298 g/mol. The van der Waals surface area contributed by atoms with Crippen molar-refractivity contribution in [3.05, 3.63) is 44.8 Å². The Morgan fingerprint density at radius 1 is 1.05 bits per heavy atom. The lowest BCUT2D eigenvalue weighted by Gasteiger charge is -2.23. The molecule has 0 atom stereocenters. The molecule has 2 nitrogen and oxygen atoms in total. The van der Waals surface area contributed by atoms with Crippen molar-refractivity contribution in [2.24, 2.45) is 0 Å². The zero-order valence-corrected chi connectivity index (χ0v) is 13.9. The molecule has 1 aliphatic rings. The third-order valence-electron chi connectivity index (χ3n) is 4.01. The molecule has 0 unspecified atom stereocenters. The van der Waals surface area contributed by atoms with E-state index in [-0.39, 0.29) is 0 Å². The Morgan fingerprint density at radius 2 is 1.71 bits per heavy atom. The van der Waals surface area contributed by atoms with Gasteiger partial charge in [-0.15, -0.1) is 22.7 Å². The second-order valence-corrected chi connectivity index (χ2v) is 7.51. The van der Waals surface area contributed by atoms with Gasteiger partial charge in [-0.3, -0.25) is 0 Å². The number of nitrogens with one attached hydrogen (secondary N) is 1. The smallest absolute Gasteiger partial charge is 0.0765 e. The fourth-order valence-electron chi connectivity index (χ4n) is 2.91. The highest BCUT2D eigenvalue weighted by atomic mass is 32.1. The van der Waals surface area contributed by atoms with Crippen molar-refractivity contribution in [3.63, 3.8) is 0 Å². The minimum atomic E-state index is 0.319. The SMILES string of the molecule is c1csc(C(NCCOC2CCCCC2)c2cccs2)c1. The maximum absolute atomic E-state index is 6.01. The van der Waals surface area contributed by atoms with Crippen LogP contribution < -0.4 is 5.32 Å². The summed E-state index contributed by atoms with van der Waals surface area (Å²) in [7, 11) is 0. The summed E-state index contributed by atoms with van der Waals surface area (Å²) in [5.74, 6) is 0. The number of rotatable bonds is 7. The zero-order chi connectivity index (χ0) is 14.3. The van der Waals surface area contributed by atoms with Crippen LogP contribution in [0, 0.1) is 0 Å². The Kier molecular flexibility index (Phi) is 5.86. The maximum Gasteiger partial charge on any atom is 0.0765 e. The lowest BCUT2D eigenvalue weighted by Crippen LogP contribution is -2.27. The average Bonchev–Trinajstić information content (AvgIpc) is 3.22. The standard InChI is InChI=1S/C17H23NOS2/c1-2-6-14(7-3-1)19-11-10-18-17(15-8-4-12-20-15)16-9-5-13-21-16/h4-5,8-9,12-14,17-18H,1-3,6-7,10-11H2. The van der Waals surface area contributed by atoms with Gasteiger partial charge in [-0.1, -0.05) is 31.4 Å². The molecule has 1 saturated carbocycles. The van der Waals surface area contributed by atoms with Crippen LogP contribution in [-0.2, 0) is 4.74 Å². The largest absolute Gasteiger partial charge is 0.377 e. The molecule has 0 amide bonds. The summed E-state index contributed by atoms with van der Waals surface area (Å²) in [5, 5.41) is 7.96. The zero-order valence-electron chi connectivity index (χ0n) is 12.3. The molecule has 0 aliphatic heterocycles. The van der Waals surface area contributed by atoms with Crippen LogP contribution in [-0.4, -0.2) is 19.3 Å². The lowest BCUT2D eigenvalue weighted by molar-refractivity contribution is 0.0298. The number of ether oxygens (including phenoxy) is 1. The van der Waals surface area contributed by atoms with Crippen LogP contribution in [0.3, 0.4) is 0 Å². The normalized spacial score (nSPS) is 16.6. The van der Waals surface area contributed by atoms with E-state index in [0.29, 0.717) is 12.1 Å². The highest BCUT2D eigenvalue weighted by Crippen LogP contribution is 2.29. The van der Waals surface area contributed by atoms with E-state index in [1.54, 1.807) is 0 Å². The monoisotopic (exact) mass is 321 g/mol. The van der Waals surface area contributed by atoms with Crippen LogP contribution in [0.4, 0.5) is 0 Å². The van der Waals surface area contributed by atoms with E-state index in [1.807, 2.05) is 22.7 Å². The summed E-state index contributed by atoms with van der Waals surface area (Å²) in [5.41, 5.74) is 0. The van der Waals surface area contributed by atoms with Crippen molar-refractivity contribution in [2.45, 2.75) is 44.2 Å². The minimum absolute atomic E-state index is 0.319. The molecule has 2 heterocycles. The van der Waals surface area contributed by atoms with E-state index >= 15 is 0 Å². The molecule has 0 saturated heterocycles. The van der Waals surface area contributed by atoms with E-state index in [4.69, 9.17) is 4.74 Å². The van der Waals surface area contributed by atoms with Crippen molar-refractivity contribution in [1.29, 1.82) is 0 Å². The van der Waals surface area contributed by atoms with E-state index in [0.717, 1.165) is 13.2 Å². The first-order chi connectivity index (χ1) is 10.4. The molecule has 0 spiro atoms. The molecule has 21 heavy (non-hydrogen) atoms. The van der Waals surface area contributed by atoms with Crippen LogP contribution in [0.1, 0.15) is 47.9 Å². The highest BCUT2D eigenvalue weighted by Gasteiger charge is 2.16. The molecular formula is C17H23NOS2. The van der Waals surface area contributed by atoms with Crippen molar-refractivity contribution in [3.8, 4) is 0 Å². The van der Waals surface area contributed by atoms with E-state index in [1.165, 1.54) is 41.9 Å². The van der Waals surface area contributed by atoms with Gasteiger partial charge in [0.05, 0.1) is 18.8 Å². The van der Waals surface area contributed by atoms with Crippen molar-refractivity contribution >= 4 is 22.7 Å². The van der Waals surface area contributed by atoms with Gasteiger partial charge in [-0.05, 0) is 35.7 Å². The third-order valence-corrected chi connectivity index (χ3v) is 5.89. The maximum atomic E-state index is 6.01. The lowest BCUT2D eigenvalue weighted by atomic mass is 9.98. The van der Waals surface area contributed by atoms with Crippen LogP contribution >= 0.6 is 22.7 Å². The molecule has 1 fully saturated rings. The second kappa shape index (κ2) is 8.08. The van der Waals surface area contributed by atoms with Crippen LogP contribution in [0.15, 0.2) is 35.0 Å². The molecule has 0 radical (unpaired) electrons. The Bertz CT molecular complexity index is 455. The molecule has 2 aromatic heterocycles. The predicted molar refractivity (Wildman–Crippen MR) is 91.3 cm³/mol. The first-order valence-electron chi connectivity index (χ1n) is 7.85. The van der Waals surface area contributed by atoms with Gasteiger partial charge in [0.1, 0.15) is 0 Å². The van der Waals surface area contributed by atoms with Gasteiger partial charge in [0.15, 0.2) is 0 Å². The molecule has 2 aromatic rings. The fourth-order valence-corrected chi connectivity index (χ4v) is 4.62. The summed E-state index contributed by atoms with van der Waals surface area (Å²) in [6.07, 6.45) is 7.06. The number of thiophene rings is 2. The molecule has 3 rings (SSSR count).